The van der Waals surface area contributed by atoms with E-state index in [4.69, 9.17) is 0 Å². The summed E-state index contributed by atoms with van der Waals surface area (Å²) in [6.07, 6.45) is 0.912. The largest absolute Gasteiger partial charge is 0.333 e. The molecule has 122 valence electrons. The predicted molar refractivity (Wildman–Crippen MR) is 83.9 cm³/mol. The van der Waals surface area contributed by atoms with E-state index in [2.05, 4.69) is 24.5 Å². The van der Waals surface area contributed by atoms with E-state index in [9.17, 15) is 14.0 Å². The first-order valence-corrected chi connectivity index (χ1v) is 7.81. The molecule has 0 saturated heterocycles. The smallest absolute Gasteiger partial charge is 0.319 e. The quantitative estimate of drug-likeness (QED) is 0.895. The third-order valence-electron chi connectivity index (χ3n) is 4.20. The zero-order valence-electron chi connectivity index (χ0n) is 13.2. The van der Waals surface area contributed by atoms with E-state index in [1.807, 2.05) is 0 Å². The molecule has 2 aliphatic heterocycles. The van der Waals surface area contributed by atoms with Crippen LogP contribution >= 0.6 is 0 Å². The Hall–Kier alpha value is -2.37. The molecule has 2 heterocycles. The molecule has 0 fully saturated rings. The van der Waals surface area contributed by atoms with Crippen LogP contribution in [0.15, 0.2) is 35.5 Å². The van der Waals surface area contributed by atoms with Crippen molar-refractivity contribution in [2.45, 2.75) is 26.3 Å². The third kappa shape index (κ3) is 3.06. The second kappa shape index (κ2) is 6.02. The first-order valence-electron chi connectivity index (χ1n) is 7.81. The van der Waals surface area contributed by atoms with Crippen LogP contribution in [0.1, 0.15) is 31.9 Å². The van der Waals surface area contributed by atoms with E-state index >= 15 is 0 Å². The molecule has 1 atom stereocenters. The van der Waals surface area contributed by atoms with Crippen LogP contribution in [0.3, 0.4) is 0 Å². The molecule has 3 amide bonds. The Balaban J connectivity index is 1.87. The number of urea groups is 1. The highest BCUT2D eigenvalue weighted by atomic mass is 19.1. The molecule has 0 aliphatic carbocycles. The maximum atomic E-state index is 13.1. The Kier molecular flexibility index (Phi) is 4.07. The fourth-order valence-corrected chi connectivity index (χ4v) is 2.93. The predicted octanol–water partition coefficient (Wildman–Crippen LogP) is 2.32. The van der Waals surface area contributed by atoms with Gasteiger partial charge in [-0.1, -0.05) is 26.0 Å². The van der Waals surface area contributed by atoms with Gasteiger partial charge >= 0.3 is 6.03 Å². The first-order chi connectivity index (χ1) is 11.0. The monoisotopic (exact) mass is 317 g/mol. The average molecular weight is 317 g/mol. The van der Waals surface area contributed by atoms with Crippen LogP contribution in [-0.4, -0.2) is 29.9 Å². The van der Waals surface area contributed by atoms with Crippen molar-refractivity contribution in [1.82, 2.24) is 15.5 Å². The second-order valence-electron chi connectivity index (χ2n) is 6.38. The molecular formula is C17H20FN3O2. The lowest BCUT2D eigenvalue weighted by molar-refractivity contribution is -0.125. The van der Waals surface area contributed by atoms with Crippen molar-refractivity contribution < 1.29 is 14.0 Å². The van der Waals surface area contributed by atoms with Crippen molar-refractivity contribution in [3.8, 4) is 0 Å². The fraction of sp³-hybridized carbons (Fsp3) is 0.412. The lowest BCUT2D eigenvalue weighted by Gasteiger charge is -2.25. The highest BCUT2D eigenvalue weighted by Gasteiger charge is 2.40. The molecule has 0 bridgehead atoms. The summed E-state index contributed by atoms with van der Waals surface area (Å²) in [6.45, 7) is 5.30. The molecule has 2 N–H and O–H groups in total. The summed E-state index contributed by atoms with van der Waals surface area (Å²) in [6, 6.07) is 4.99. The topological polar surface area (TPSA) is 61.4 Å². The van der Waals surface area contributed by atoms with Gasteiger partial charge in [-0.15, -0.1) is 0 Å². The Morgan fingerprint density at radius 1 is 1.26 bits per heavy atom. The van der Waals surface area contributed by atoms with Crippen LogP contribution in [0.2, 0.25) is 0 Å². The van der Waals surface area contributed by atoms with E-state index in [1.54, 1.807) is 17.0 Å². The van der Waals surface area contributed by atoms with Gasteiger partial charge in [0, 0.05) is 6.54 Å². The summed E-state index contributed by atoms with van der Waals surface area (Å²) in [7, 11) is 0. The summed E-state index contributed by atoms with van der Waals surface area (Å²) < 4.78 is 13.1. The number of amides is 3. The molecule has 5 nitrogen and oxygen atoms in total. The maximum absolute atomic E-state index is 13.1. The van der Waals surface area contributed by atoms with Gasteiger partial charge in [-0.3, -0.25) is 4.79 Å². The minimum absolute atomic E-state index is 0.0672. The van der Waals surface area contributed by atoms with E-state index in [-0.39, 0.29) is 17.8 Å². The second-order valence-corrected chi connectivity index (χ2v) is 6.38. The third-order valence-corrected chi connectivity index (χ3v) is 4.20. The van der Waals surface area contributed by atoms with Gasteiger partial charge in [-0.05, 0) is 30.0 Å². The summed E-state index contributed by atoms with van der Waals surface area (Å²) in [5.41, 5.74) is 1.91. The van der Waals surface area contributed by atoms with Crippen molar-refractivity contribution in [2.24, 2.45) is 5.92 Å². The molecular weight excluding hydrogens is 297 g/mol. The molecule has 1 aromatic rings. The van der Waals surface area contributed by atoms with Crippen molar-refractivity contribution in [1.29, 1.82) is 0 Å². The summed E-state index contributed by atoms with van der Waals surface area (Å²) in [5, 5.41) is 5.49. The molecule has 0 aromatic heterocycles. The van der Waals surface area contributed by atoms with Crippen molar-refractivity contribution in [3.05, 3.63) is 46.9 Å². The molecule has 1 aromatic carbocycles. The van der Waals surface area contributed by atoms with Crippen LogP contribution in [0.25, 0.3) is 0 Å². The number of nitrogens with one attached hydrogen (secondary N) is 2. The Labute approximate surface area is 134 Å². The molecule has 2 aliphatic rings. The van der Waals surface area contributed by atoms with E-state index < -0.39 is 6.04 Å². The first kappa shape index (κ1) is 15.5. The molecule has 0 saturated carbocycles. The Morgan fingerprint density at radius 3 is 2.61 bits per heavy atom. The molecule has 0 spiro atoms. The average Bonchev–Trinajstić information content (AvgIpc) is 2.81. The van der Waals surface area contributed by atoms with Gasteiger partial charge in [0.25, 0.3) is 5.91 Å². The van der Waals surface area contributed by atoms with Gasteiger partial charge in [-0.2, -0.15) is 0 Å². The van der Waals surface area contributed by atoms with Crippen LogP contribution in [0, 0.1) is 11.7 Å². The molecule has 23 heavy (non-hydrogen) atoms. The SMILES string of the molecule is CC(C)CCN1CC2=C(C1=O)C(c1ccc(F)cc1)NC(=O)N2. The fourth-order valence-electron chi connectivity index (χ4n) is 2.93. The molecule has 0 radical (unpaired) electrons. The standard InChI is InChI=1S/C17H20FN3O2/c1-10(2)7-8-21-9-13-14(16(21)22)15(20-17(23)19-13)11-3-5-12(18)6-4-11/h3-6,10,15H,7-9H2,1-2H3,(H2,19,20,23). The van der Waals surface area contributed by atoms with Crippen molar-refractivity contribution in [2.75, 3.05) is 13.1 Å². The van der Waals surface area contributed by atoms with Crippen LogP contribution in [0.4, 0.5) is 9.18 Å². The van der Waals surface area contributed by atoms with Gasteiger partial charge < -0.3 is 15.5 Å². The normalized spacial score (nSPS) is 20.7. The van der Waals surface area contributed by atoms with Crippen LogP contribution in [-0.2, 0) is 4.79 Å². The number of benzene rings is 1. The van der Waals surface area contributed by atoms with E-state index in [0.29, 0.717) is 35.8 Å². The highest BCUT2D eigenvalue weighted by molar-refractivity contribution is 6.01. The lowest BCUT2D eigenvalue weighted by Crippen LogP contribution is -2.44. The number of carbonyl (C=O) groups is 2. The summed E-state index contributed by atoms with van der Waals surface area (Å²) in [5.74, 6) is 0.0861. The van der Waals surface area contributed by atoms with Crippen LogP contribution in [0.5, 0.6) is 0 Å². The number of carbonyl (C=O) groups excluding carboxylic acids is 2. The summed E-state index contributed by atoms with van der Waals surface area (Å²) >= 11 is 0. The number of rotatable bonds is 4. The van der Waals surface area contributed by atoms with Gasteiger partial charge in [0.1, 0.15) is 5.82 Å². The summed E-state index contributed by atoms with van der Waals surface area (Å²) in [4.78, 5) is 26.3. The Morgan fingerprint density at radius 2 is 1.96 bits per heavy atom. The zero-order valence-corrected chi connectivity index (χ0v) is 13.2. The lowest BCUT2D eigenvalue weighted by atomic mass is 9.96. The Bertz CT molecular complexity index is 667. The van der Waals surface area contributed by atoms with Gasteiger partial charge in [0.2, 0.25) is 0 Å². The minimum Gasteiger partial charge on any atom is -0.333 e. The highest BCUT2D eigenvalue weighted by Crippen LogP contribution is 2.32. The minimum atomic E-state index is -0.532. The zero-order chi connectivity index (χ0) is 16.6. The maximum Gasteiger partial charge on any atom is 0.319 e. The number of nitrogens with zero attached hydrogens (tertiary/aromatic N) is 1. The van der Waals surface area contributed by atoms with Gasteiger partial charge in [0.05, 0.1) is 23.9 Å². The van der Waals surface area contributed by atoms with E-state index in [1.165, 1.54) is 12.1 Å². The molecule has 1 unspecified atom stereocenters. The van der Waals surface area contributed by atoms with E-state index in [0.717, 1.165) is 6.42 Å². The number of hydrogen-bond acceptors (Lipinski definition) is 2. The van der Waals surface area contributed by atoms with Gasteiger partial charge in [0.15, 0.2) is 0 Å². The van der Waals surface area contributed by atoms with Gasteiger partial charge in [-0.25, -0.2) is 9.18 Å². The number of halogens is 1. The molecule has 6 heteroatoms. The number of hydrogen-bond donors (Lipinski definition) is 2. The van der Waals surface area contributed by atoms with Crippen molar-refractivity contribution in [3.63, 3.8) is 0 Å². The molecule has 3 rings (SSSR count). The van der Waals surface area contributed by atoms with Crippen molar-refractivity contribution >= 4 is 11.9 Å². The van der Waals surface area contributed by atoms with Crippen LogP contribution < -0.4 is 10.6 Å².